The number of hydrogen-bond acceptors (Lipinski definition) is 5. The Morgan fingerprint density at radius 2 is 2.00 bits per heavy atom. The Labute approximate surface area is 114 Å². The second-order valence-corrected chi connectivity index (χ2v) is 4.10. The molecule has 1 aromatic carbocycles. The second kappa shape index (κ2) is 9.75. The van der Waals surface area contributed by atoms with Crippen molar-refractivity contribution in [2.24, 2.45) is 0 Å². The Bertz CT molecular complexity index is 346. The minimum absolute atomic E-state index is 0.481. The fourth-order valence-corrected chi connectivity index (χ4v) is 1.59. The highest BCUT2D eigenvalue weighted by atomic mass is 16.5. The third-order valence-electron chi connectivity index (χ3n) is 2.57. The zero-order valence-electron chi connectivity index (χ0n) is 11.6. The maximum atomic E-state index is 9.86. The van der Waals surface area contributed by atoms with Crippen LogP contribution in [0.5, 0.6) is 5.75 Å². The van der Waals surface area contributed by atoms with Gasteiger partial charge in [0.1, 0.15) is 12.4 Å². The smallest absolute Gasteiger partial charge is 0.119 e. The summed E-state index contributed by atoms with van der Waals surface area (Å²) in [6.07, 6.45) is -0.522. The molecule has 0 aliphatic heterocycles. The molecule has 1 aromatic rings. The van der Waals surface area contributed by atoms with E-state index in [0.29, 0.717) is 33.0 Å². The van der Waals surface area contributed by atoms with Gasteiger partial charge in [-0.2, -0.15) is 0 Å². The fourth-order valence-electron chi connectivity index (χ4n) is 1.59. The molecule has 1 atom stereocenters. The average Bonchev–Trinajstić information content (AvgIpc) is 2.43. The molecule has 0 saturated heterocycles. The molecule has 0 radical (unpaired) electrons. The van der Waals surface area contributed by atoms with E-state index in [2.05, 4.69) is 5.32 Å². The number of rotatable bonds is 10. The van der Waals surface area contributed by atoms with E-state index in [1.807, 2.05) is 24.3 Å². The van der Waals surface area contributed by atoms with Crippen LogP contribution in [0, 0.1) is 0 Å². The first-order valence-corrected chi connectivity index (χ1v) is 6.40. The van der Waals surface area contributed by atoms with E-state index in [-0.39, 0.29) is 0 Å². The van der Waals surface area contributed by atoms with Crippen LogP contribution in [0.1, 0.15) is 11.7 Å². The molecule has 1 unspecified atom stereocenters. The van der Waals surface area contributed by atoms with Gasteiger partial charge in [0, 0.05) is 13.7 Å². The number of nitrogens with one attached hydrogen (secondary N) is 1. The lowest BCUT2D eigenvalue weighted by atomic mass is 10.1. The van der Waals surface area contributed by atoms with Crippen LogP contribution in [-0.2, 0) is 9.47 Å². The van der Waals surface area contributed by atoms with Crippen LogP contribution in [0.15, 0.2) is 24.3 Å². The van der Waals surface area contributed by atoms with E-state index in [1.165, 1.54) is 0 Å². The van der Waals surface area contributed by atoms with Gasteiger partial charge in [-0.3, -0.25) is 0 Å². The average molecular weight is 269 g/mol. The number of ether oxygens (including phenoxy) is 3. The summed E-state index contributed by atoms with van der Waals surface area (Å²) < 4.78 is 15.7. The van der Waals surface area contributed by atoms with Gasteiger partial charge in [-0.25, -0.2) is 0 Å². The van der Waals surface area contributed by atoms with Gasteiger partial charge in [0.25, 0.3) is 0 Å². The molecular formula is C14H23NO4. The molecule has 0 saturated carbocycles. The summed E-state index contributed by atoms with van der Waals surface area (Å²) in [5, 5.41) is 12.8. The molecule has 19 heavy (non-hydrogen) atoms. The molecule has 0 amide bonds. The molecule has 0 heterocycles. The van der Waals surface area contributed by atoms with Crippen molar-refractivity contribution in [2.45, 2.75) is 6.10 Å². The largest absolute Gasteiger partial charge is 0.491 e. The Kier molecular flexibility index (Phi) is 8.16. The summed E-state index contributed by atoms with van der Waals surface area (Å²) in [7, 11) is 3.45. The molecule has 0 fully saturated rings. The van der Waals surface area contributed by atoms with Gasteiger partial charge in [0.2, 0.25) is 0 Å². The zero-order chi connectivity index (χ0) is 13.9. The lowest BCUT2D eigenvalue weighted by molar-refractivity contribution is 0.0544. The number of aliphatic hydroxyl groups is 1. The predicted octanol–water partition coefficient (Wildman–Crippen LogP) is 0.981. The van der Waals surface area contributed by atoms with Gasteiger partial charge in [-0.05, 0) is 24.7 Å². The highest BCUT2D eigenvalue weighted by Gasteiger charge is 2.06. The topological polar surface area (TPSA) is 60.0 Å². The Hall–Kier alpha value is -1.14. The molecule has 0 bridgehead atoms. The van der Waals surface area contributed by atoms with Crippen molar-refractivity contribution in [3.05, 3.63) is 29.8 Å². The number of aliphatic hydroxyl groups excluding tert-OH is 1. The predicted molar refractivity (Wildman–Crippen MR) is 73.5 cm³/mol. The standard InChI is InChI=1S/C14H23NO4/c1-15-11-14(16)12-4-3-5-13(10-12)19-9-8-18-7-6-17-2/h3-5,10,14-16H,6-9,11H2,1-2H3. The van der Waals surface area contributed by atoms with Crippen LogP contribution in [0.4, 0.5) is 0 Å². The maximum Gasteiger partial charge on any atom is 0.119 e. The van der Waals surface area contributed by atoms with Crippen LogP contribution < -0.4 is 10.1 Å². The molecule has 108 valence electrons. The number of methoxy groups -OCH3 is 1. The molecule has 0 spiro atoms. The van der Waals surface area contributed by atoms with Gasteiger partial charge >= 0.3 is 0 Å². The Morgan fingerprint density at radius 1 is 1.21 bits per heavy atom. The van der Waals surface area contributed by atoms with Crippen molar-refractivity contribution < 1.29 is 19.3 Å². The highest BCUT2D eigenvalue weighted by Crippen LogP contribution is 2.18. The monoisotopic (exact) mass is 269 g/mol. The molecule has 0 aliphatic carbocycles. The summed E-state index contributed by atoms with van der Waals surface area (Å²) in [6, 6.07) is 7.46. The lowest BCUT2D eigenvalue weighted by Crippen LogP contribution is -2.16. The van der Waals surface area contributed by atoms with E-state index in [9.17, 15) is 5.11 Å². The van der Waals surface area contributed by atoms with Crippen LogP contribution in [0.25, 0.3) is 0 Å². The van der Waals surface area contributed by atoms with Crippen molar-refractivity contribution in [3.63, 3.8) is 0 Å². The van der Waals surface area contributed by atoms with Crippen LogP contribution in [-0.4, -0.2) is 52.2 Å². The Balaban J connectivity index is 2.31. The van der Waals surface area contributed by atoms with Gasteiger partial charge < -0.3 is 24.6 Å². The van der Waals surface area contributed by atoms with Gasteiger partial charge in [-0.1, -0.05) is 12.1 Å². The van der Waals surface area contributed by atoms with Crippen molar-refractivity contribution >= 4 is 0 Å². The molecule has 5 heteroatoms. The molecular weight excluding hydrogens is 246 g/mol. The fraction of sp³-hybridized carbons (Fsp3) is 0.571. The first-order valence-electron chi connectivity index (χ1n) is 6.40. The van der Waals surface area contributed by atoms with Gasteiger partial charge in [0.05, 0.1) is 25.9 Å². The van der Waals surface area contributed by atoms with Gasteiger partial charge in [0.15, 0.2) is 0 Å². The first kappa shape index (κ1) is 15.9. The first-order chi connectivity index (χ1) is 9.27. The van der Waals surface area contributed by atoms with Crippen molar-refractivity contribution in [2.75, 3.05) is 47.1 Å². The van der Waals surface area contributed by atoms with Crippen molar-refractivity contribution in [1.82, 2.24) is 5.32 Å². The van der Waals surface area contributed by atoms with Crippen molar-refractivity contribution in [1.29, 1.82) is 0 Å². The maximum absolute atomic E-state index is 9.86. The number of benzene rings is 1. The molecule has 5 nitrogen and oxygen atoms in total. The SMILES string of the molecule is CNCC(O)c1cccc(OCCOCCOC)c1. The van der Waals surface area contributed by atoms with E-state index >= 15 is 0 Å². The van der Waals surface area contributed by atoms with E-state index < -0.39 is 6.10 Å². The molecule has 0 aliphatic rings. The normalized spacial score (nSPS) is 12.4. The Morgan fingerprint density at radius 3 is 2.74 bits per heavy atom. The summed E-state index contributed by atoms with van der Waals surface area (Å²) >= 11 is 0. The quantitative estimate of drug-likeness (QED) is 0.620. The zero-order valence-corrected chi connectivity index (χ0v) is 11.6. The molecule has 1 rings (SSSR count). The third kappa shape index (κ3) is 6.54. The van der Waals surface area contributed by atoms with E-state index in [0.717, 1.165) is 11.3 Å². The summed E-state index contributed by atoms with van der Waals surface area (Å²) in [4.78, 5) is 0. The van der Waals surface area contributed by atoms with Crippen LogP contribution in [0.2, 0.25) is 0 Å². The van der Waals surface area contributed by atoms with Crippen molar-refractivity contribution in [3.8, 4) is 5.75 Å². The van der Waals surface area contributed by atoms with Crippen LogP contribution in [0.3, 0.4) is 0 Å². The summed E-state index contributed by atoms with van der Waals surface area (Å²) in [5.74, 6) is 0.739. The lowest BCUT2D eigenvalue weighted by Gasteiger charge is -2.12. The summed E-state index contributed by atoms with van der Waals surface area (Å²) in [6.45, 7) is 2.68. The van der Waals surface area contributed by atoms with Gasteiger partial charge in [-0.15, -0.1) is 0 Å². The number of likely N-dealkylation sites (N-methyl/N-ethyl adjacent to an activating group) is 1. The van der Waals surface area contributed by atoms with Crippen LogP contribution >= 0.6 is 0 Å². The van der Waals surface area contributed by atoms with E-state index in [1.54, 1.807) is 14.2 Å². The summed E-state index contributed by atoms with van der Waals surface area (Å²) in [5.41, 5.74) is 0.840. The second-order valence-electron chi connectivity index (χ2n) is 4.10. The highest BCUT2D eigenvalue weighted by molar-refractivity contribution is 5.30. The minimum Gasteiger partial charge on any atom is -0.491 e. The number of hydrogen-bond donors (Lipinski definition) is 2. The van der Waals surface area contributed by atoms with E-state index in [4.69, 9.17) is 14.2 Å². The minimum atomic E-state index is -0.522. The third-order valence-corrected chi connectivity index (χ3v) is 2.57. The molecule has 0 aromatic heterocycles. The molecule has 2 N–H and O–H groups in total.